The maximum Gasteiger partial charge on any atom is 0.316 e. The van der Waals surface area contributed by atoms with Crippen molar-refractivity contribution in [3.05, 3.63) is 35.1 Å². The highest BCUT2D eigenvalue weighted by Crippen LogP contribution is 2.37. The van der Waals surface area contributed by atoms with E-state index in [-0.39, 0.29) is 17.6 Å². The van der Waals surface area contributed by atoms with Crippen molar-refractivity contribution >= 4 is 14.3 Å². The van der Waals surface area contributed by atoms with Crippen molar-refractivity contribution in [1.29, 1.82) is 0 Å². The van der Waals surface area contributed by atoms with E-state index in [1.165, 1.54) is 0 Å². The lowest BCUT2D eigenvalue weighted by Crippen LogP contribution is -2.41. The molecule has 1 aliphatic carbocycles. The molecule has 142 valence electrons. The number of hydrogen-bond acceptors (Lipinski definition) is 4. The zero-order chi connectivity index (χ0) is 19.5. The van der Waals surface area contributed by atoms with E-state index in [2.05, 4.69) is 33.9 Å². The number of allylic oxidation sites excluding steroid dienone is 3. The van der Waals surface area contributed by atoms with Gasteiger partial charge in [0.25, 0.3) is 0 Å². The summed E-state index contributed by atoms with van der Waals surface area (Å²) >= 11 is 0. The van der Waals surface area contributed by atoms with Crippen LogP contribution in [0.15, 0.2) is 35.1 Å². The van der Waals surface area contributed by atoms with Crippen molar-refractivity contribution < 1.29 is 19.1 Å². The van der Waals surface area contributed by atoms with E-state index in [1.54, 1.807) is 6.08 Å². The molecule has 0 fully saturated rings. The maximum absolute atomic E-state index is 12.3. The number of hydrogen-bond donors (Lipinski definition) is 1. The van der Waals surface area contributed by atoms with Crippen LogP contribution in [0.4, 0.5) is 0 Å². The number of esters is 1. The minimum atomic E-state index is -1.91. The first kappa shape index (κ1) is 21.9. The van der Waals surface area contributed by atoms with E-state index in [0.717, 1.165) is 11.1 Å². The highest BCUT2D eigenvalue weighted by atomic mass is 28.4. The van der Waals surface area contributed by atoms with Gasteiger partial charge in [-0.15, -0.1) is 0 Å². The van der Waals surface area contributed by atoms with Crippen molar-refractivity contribution in [3.63, 3.8) is 0 Å². The Balaban J connectivity index is 3.01. The van der Waals surface area contributed by atoms with E-state index in [4.69, 9.17) is 9.16 Å². The lowest BCUT2D eigenvalue weighted by atomic mass is 9.97. The van der Waals surface area contributed by atoms with E-state index in [0.29, 0.717) is 18.8 Å². The second kappa shape index (κ2) is 8.02. The van der Waals surface area contributed by atoms with Crippen LogP contribution >= 0.6 is 0 Å². The minimum Gasteiger partial charge on any atom is -0.426 e. The molecule has 1 rings (SSSR count). The third kappa shape index (κ3) is 6.24. The quantitative estimate of drug-likeness (QED) is 0.564. The van der Waals surface area contributed by atoms with Gasteiger partial charge in [0.05, 0.1) is 18.6 Å². The second-order valence-electron chi connectivity index (χ2n) is 9.14. The zero-order valence-electron chi connectivity index (χ0n) is 17.0. The van der Waals surface area contributed by atoms with Gasteiger partial charge in [0.15, 0.2) is 8.32 Å². The molecule has 0 saturated carbocycles. The lowest BCUT2D eigenvalue weighted by molar-refractivity contribution is -0.148. The molecule has 0 saturated heterocycles. The van der Waals surface area contributed by atoms with Crippen LogP contribution in [-0.2, 0) is 14.0 Å². The number of rotatable bonds is 5. The molecule has 4 nitrogen and oxygen atoms in total. The molecule has 1 N–H and O–H groups in total. The van der Waals surface area contributed by atoms with Crippen LogP contribution in [-0.4, -0.2) is 32.6 Å². The molecule has 0 aromatic carbocycles. The molecular formula is C20H34O4Si. The summed E-state index contributed by atoms with van der Waals surface area (Å²) in [5.41, 5.74) is 1.16. The predicted octanol–water partition coefficient (Wildman–Crippen LogP) is 4.73. The fourth-order valence-corrected chi connectivity index (χ4v) is 2.75. The first-order valence-corrected chi connectivity index (χ1v) is 11.7. The highest BCUT2D eigenvalue weighted by Gasteiger charge is 2.37. The lowest BCUT2D eigenvalue weighted by Gasteiger charge is -2.36. The monoisotopic (exact) mass is 366 g/mol. The van der Waals surface area contributed by atoms with E-state index < -0.39 is 13.7 Å². The molecule has 0 radical (unpaired) electrons. The molecule has 1 aliphatic rings. The van der Waals surface area contributed by atoms with Crippen LogP contribution in [0, 0.1) is 5.41 Å². The molecule has 0 amide bonds. The number of carbonyl (C=O) groups is 1. The summed E-state index contributed by atoms with van der Waals surface area (Å²) in [6, 6.07) is 0. The molecule has 0 bridgehead atoms. The average Bonchev–Trinajstić information content (AvgIpc) is 2.65. The fraction of sp³-hybridized carbons (Fsp3) is 0.650. The molecule has 0 spiro atoms. The van der Waals surface area contributed by atoms with Gasteiger partial charge in [0.1, 0.15) is 5.76 Å². The molecule has 0 heterocycles. The van der Waals surface area contributed by atoms with Crippen molar-refractivity contribution in [1.82, 2.24) is 0 Å². The van der Waals surface area contributed by atoms with Gasteiger partial charge >= 0.3 is 5.97 Å². The van der Waals surface area contributed by atoms with Gasteiger partial charge in [0.2, 0.25) is 0 Å². The van der Waals surface area contributed by atoms with Crippen LogP contribution in [0.1, 0.15) is 48.0 Å². The first-order chi connectivity index (χ1) is 11.3. The summed E-state index contributed by atoms with van der Waals surface area (Å²) in [6.45, 7) is 16.9. The molecule has 0 aromatic heterocycles. The van der Waals surface area contributed by atoms with Gasteiger partial charge in [-0.2, -0.15) is 0 Å². The van der Waals surface area contributed by atoms with Crippen LogP contribution in [0.5, 0.6) is 0 Å². The fourth-order valence-electron chi connectivity index (χ4n) is 1.80. The van der Waals surface area contributed by atoms with Crippen molar-refractivity contribution in [2.75, 3.05) is 13.2 Å². The Morgan fingerprint density at radius 3 is 2.24 bits per heavy atom. The van der Waals surface area contributed by atoms with Crippen LogP contribution in [0.2, 0.25) is 18.1 Å². The van der Waals surface area contributed by atoms with Gasteiger partial charge in [-0.05, 0) is 57.0 Å². The third-order valence-electron chi connectivity index (χ3n) is 4.81. The van der Waals surface area contributed by atoms with Crippen molar-refractivity contribution in [2.45, 2.75) is 66.1 Å². The second-order valence-corrected chi connectivity index (χ2v) is 13.9. The summed E-state index contributed by atoms with van der Waals surface area (Å²) in [5, 5.41) is 9.52. The molecule has 0 atom stereocenters. The normalized spacial score (nSPS) is 16.6. The maximum atomic E-state index is 12.3. The summed E-state index contributed by atoms with van der Waals surface area (Å²) in [7, 11) is -1.91. The standard InChI is InChI=1S/C20H34O4Si/c1-19(2,3)18(22)24-17-12-10-15(13-21)9-11-16(17)14-23-25(7,8)20(4,5)6/h10-12,21H,9,13-14H2,1-8H3. The Hall–Kier alpha value is -1.17. The first-order valence-electron chi connectivity index (χ1n) is 8.84. The van der Waals surface area contributed by atoms with E-state index >= 15 is 0 Å². The Morgan fingerprint density at radius 2 is 1.76 bits per heavy atom. The van der Waals surface area contributed by atoms with Crippen LogP contribution in [0.3, 0.4) is 0 Å². The molecule has 25 heavy (non-hydrogen) atoms. The highest BCUT2D eigenvalue weighted by molar-refractivity contribution is 6.74. The van der Waals surface area contributed by atoms with Gasteiger partial charge in [-0.25, -0.2) is 0 Å². The molecule has 0 unspecified atom stereocenters. The minimum absolute atomic E-state index is 0.0101. The molecule has 5 heteroatoms. The number of carbonyl (C=O) groups excluding carboxylic acids is 1. The van der Waals surface area contributed by atoms with Gasteiger partial charge in [-0.3, -0.25) is 4.79 Å². The van der Waals surface area contributed by atoms with Crippen LogP contribution < -0.4 is 0 Å². The molecule has 0 aromatic rings. The van der Waals surface area contributed by atoms with Crippen LogP contribution in [0.25, 0.3) is 0 Å². The number of aliphatic hydroxyl groups excluding tert-OH is 1. The SMILES string of the molecule is CC(C)(C)C(=O)OC1=CC=C(CO)CC=C1CO[Si](C)(C)C(C)(C)C. The van der Waals surface area contributed by atoms with Gasteiger partial charge in [0, 0.05) is 5.57 Å². The average molecular weight is 367 g/mol. The Kier molecular flexibility index (Phi) is 7.01. The largest absolute Gasteiger partial charge is 0.426 e. The summed E-state index contributed by atoms with van der Waals surface area (Å²) in [6.07, 6.45) is 6.20. The topological polar surface area (TPSA) is 55.8 Å². The molecule has 0 aliphatic heterocycles. The van der Waals surface area contributed by atoms with Gasteiger partial charge in [-0.1, -0.05) is 32.9 Å². The molecular weight excluding hydrogens is 332 g/mol. The Bertz CT molecular complexity index is 584. The van der Waals surface area contributed by atoms with E-state index in [9.17, 15) is 9.90 Å². The summed E-state index contributed by atoms with van der Waals surface area (Å²) in [4.78, 5) is 12.3. The van der Waals surface area contributed by atoms with Gasteiger partial charge < -0.3 is 14.3 Å². The van der Waals surface area contributed by atoms with Crippen molar-refractivity contribution in [3.8, 4) is 0 Å². The number of aliphatic hydroxyl groups is 1. The summed E-state index contributed by atoms with van der Waals surface area (Å²) < 4.78 is 12.0. The van der Waals surface area contributed by atoms with E-state index in [1.807, 2.05) is 32.9 Å². The predicted molar refractivity (Wildman–Crippen MR) is 105 cm³/mol. The zero-order valence-corrected chi connectivity index (χ0v) is 18.0. The third-order valence-corrected chi connectivity index (χ3v) is 9.29. The smallest absolute Gasteiger partial charge is 0.316 e. The Morgan fingerprint density at radius 1 is 1.16 bits per heavy atom. The van der Waals surface area contributed by atoms with Crippen molar-refractivity contribution in [2.24, 2.45) is 5.41 Å². The summed E-state index contributed by atoms with van der Waals surface area (Å²) in [5.74, 6) is 0.236. The Labute approximate surface area is 153 Å². The number of ether oxygens (including phenoxy) is 1.